The standard InChI is InChI=1S/C22H24Br2N10O3/c23-8-1-12(27-3-8)18(35)29-5-10-11(6-30-19(36)13-2-9(24)4-28-13)16(17-20(37)34-22(26)33-17)15(10)14-7-31-21(25)32-14/h1-4,7,10-11,15-16,27-28,37H,5-6H2,(H,29,35)(H,30,36)(H3,25,31,32)(H3,26,33,34)/t10?,11?,15?,16-/m0/s1. The van der Waals surface area contributed by atoms with Gasteiger partial charge in [0.1, 0.15) is 11.4 Å². The van der Waals surface area contributed by atoms with Crippen molar-refractivity contribution in [2.45, 2.75) is 11.8 Å². The second-order valence-electron chi connectivity index (χ2n) is 8.85. The number of imidazole rings is 2. The average molecular weight is 636 g/mol. The van der Waals surface area contributed by atoms with E-state index in [-0.39, 0.29) is 66.4 Å². The van der Waals surface area contributed by atoms with Crippen molar-refractivity contribution in [3.63, 3.8) is 0 Å². The van der Waals surface area contributed by atoms with Gasteiger partial charge in [-0.3, -0.25) is 9.59 Å². The van der Waals surface area contributed by atoms with Gasteiger partial charge in [-0.2, -0.15) is 4.98 Å². The van der Waals surface area contributed by atoms with Crippen LogP contribution in [0.3, 0.4) is 0 Å². The summed E-state index contributed by atoms with van der Waals surface area (Å²) >= 11 is 6.66. The summed E-state index contributed by atoms with van der Waals surface area (Å²) in [5.41, 5.74) is 13.7. The number of nitrogens with one attached hydrogen (secondary N) is 6. The molecule has 4 aromatic heterocycles. The lowest BCUT2D eigenvalue weighted by Crippen LogP contribution is -2.53. The van der Waals surface area contributed by atoms with E-state index in [9.17, 15) is 14.7 Å². The predicted octanol–water partition coefficient (Wildman–Crippen LogP) is 2.16. The van der Waals surface area contributed by atoms with Crippen LogP contribution in [0.25, 0.3) is 0 Å². The van der Waals surface area contributed by atoms with Crippen molar-refractivity contribution in [2.75, 3.05) is 24.6 Å². The molecule has 0 saturated heterocycles. The summed E-state index contributed by atoms with van der Waals surface area (Å²) < 4.78 is 1.52. The molecule has 3 unspecified atom stereocenters. The van der Waals surface area contributed by atoms with E-state index in [0.29, 0.717) is 17.1 Å². The number of nitrogens with zero attached hydrogens (tertiary/aromatic N) is 2. The fourth-order valence-corrected chi connectivity index (χ4v) is 5.74. The van der Waals surface area contributed by atoms with Crippen molar-refractivity contribution in [1.29, 1.82) is 0 Å². The molecule has 4 aromatic rings. The van der Waals surface area contributed by atoms with Gasteiger partial charge in [-0.25, -0.2) is 4.98 Å². The highest BCUT2D eigenvalue weighted by Gasteiger charge is 2.54. The Balaban J connectivity index is 1.43. The maximum Gasteiger partial charge on any atom is 0.267 e. The van der Waals surface area contributed by atoms with E-state index in [1.54, 1.807) is 30.7 Å². The van der Waals surface area contributed by atoms with E-state index in [4.69, 9.17) is 11.5 Å². The van der Waals surface area contributed by atoms with Crippen molar-refractivity contribution < 1.29 is 14.7 Å². The van der Waals surface area contributed by atoms with E-state index in [1.165, 1.54) is 0 Å². The molecular formula is C22H24Br2N10O3. The highest BCUT2D eigenvalue weighted by molar-refractivity contribution is 9.10. The second-order valence-corrected chi connectivity index (χ2v) is 10.7. The number of aromatic amines is 4. The van der Waals surface area contributed by atoms with Gasteiger partial charge in [0, 0.05) is 52.0 Å². The highest BCUT2D eigenvalue weighted by Crippen LogP contribution is 2.58. The molecule has 0 bridgehead atoms. The molecule has 0 aromatic carbocycles. The van der Waals surface area contributed by atoms with Crippen LogP contribution < -0.4 is 22.1 Å². The molecule has 0 spiro atoms. The zero-order valence-corrected chi connectivity index (χ0v) is 22.4. The lowest BCUT2D eigenvalue weighted by Gasteiger charge is -2.51. The lowest BCUT2D eigenvalue weighted by atomic mass is 9.54. The number of halogens is 2. The topological polar surface area (TPSA) is 219 Å². The number of nitrogen functional groups attached to an aromatic ring is 2. The fourth-order valence-electron chi connectivity index (χ4n) is 5.05. The first-order chi connectivity index (χ1) is 17.7. The van der Waals surface area contributed by atoms with Crippen LogP contribution >= 0.6 is 31.9 Å². The molecule has 194 valence electrons. The minimum atomic E-state index is -0.332. The van der Waals surface area contributed by atoms with Gasteiger partial charge in [-0.15, -0.1) is 0 Å². The number of hydrogen-bond donors (Lipinski definition) is 9. The molecule has 4 atom stereocenters. The number of H-pyrrole nitrogens is 4. The third-order valence-electron chi connectivity index (χ3n) is 6.68. The molecule has 37 heavy (non-hydrogen) atoms. The molecule has 15 heteroatoms. The summed E-state index contributed by atoms with van der Waals surface area (Å²) in [5.74, 6) is -1.41. The zero-order chi connectivity index (χ0) is 26.3. The van der Waals surface area contributed by atoms with Gasteiger partial charge in [0.05, 0.1) is 11.9 Å². The quantitative estimate of drug-likeness (QED) is 0.140. The third-order valence-corrected chi connectivity index (χ3v) is 7.59. The first-order valence-corrected chi connectivity index (χ1v) is 12.9. The SMILES string of the molecule is Nc1ncc(C2C(CNC(=O)c3cc(Br)c[nH]3)C(CNC(=O)c3cc(Br)c[nH]3)[C@@H]2c2[nH]c(N)nc2O)[nH]1. The first-order valence-electron chi connectivity index (χ1n) is 11.3. The molecule has 1 fully saturated rings. The zero-order valence-electron chi connectivity index (χ0n) is 19.2. The van der Waals surface area contributed by atoms with Gasteiger partial charge in [-0.05, 0) is 55.8 Å². The summed E-state index contributed by atoms with van der Waals surface area (Å²) in [5, 5.41) is 16.4. The smallest absolute Gasteiger partial charge is 0.267 e. The lowest BCUT2D eigenvalue weighted by molar-refractivity contribution is 0.0665. The van der Waals surface area contributed by atoms with Crippen LogP contribution in [-0.2, 0) is 0 Å². The highest BCUT2D eigenvalue weighted by atomic mass is 79.9. The number of anilines is 2. The molecule has 11 N–H and O–H groups in total. The van der Waals surface area contributed by atoms with Crippen molar-refractivity contribution in [3.05, 3.63) is 62.4 Å². The van der Waals surface area contributed by atoms with Crippen LogP contribution in [0.1, 0.15) is 44.2 Å². The van der Waals surface area contributed by atoms with Crippen molar-refractivity contribution in [2.24, 2.45) is 11.8 Å². The van der Waals surface area contributed by atoms with E-state index in [2.05, 4.69) is 72.4 Å². The number of carbonyl (C=O) groups excluding carboxylic acids is 2. The Kier molecular flexibility index (Phi) is 6.72. The van der Waals surface area contributed by atoms with Crippen LogP contribution in [0.15, 0.2) is 39.7 Å². The molecular weight excluding hydrogens is 612 g/mol. The summed E-state index contributed by atoms with van der Waals surface area (Å²) in [7, 11) is 0. The molecule has 5 rings (SSSR count). The number of carbonyl (C=O) groups is 2. The van der Waals surface area contributed by atoms with Crippen LogP contribution in [-0.4, -0.2) is 59.9 Å². The Bertz CT molecular complexity index is 1440. The molecule has 4 heterocycles. The molecule has 0 aliphatic heterocycles. The number of aromatic hydroxyl groups is 1. The fraction of sp³-hybridized carbons (Fsp3) is 0.273. The van der Waals surface area contributed by atoms with E-state index in [1.807, 2.05) is 0 Å². The van der Waals surface area contributed by atoms with E-state index >= 15 is 0 Å². The van der Waals surface area contributed by atoms with Crippen molar-refractivity contribution in [1.82, 2.24) is 40.5 Å². The van der Waals surface area contributed by atoms with Crippen LogP contribution in [0.4, 0.5) is 11.9 Å². The Morgan fingerprint density at radius 3 is 1.92 bits per heavy atom. The summed E-state index contributed by atoms with van der Waals surface area (Å²) in [6.07, 6.45) is 4.97. The molecule has 2 amide bonds. The van der Waals surface area contributed by atoms with Crippen LogP contribution in [0, 0.1) is 11.8 Å². The summed E-state index contributed by atoms with van der Waals surface area (Å²) in [4.78, 5) is 45.4. The molecule has 1 aliphatic rings. The maximum absolute atomic E-state index is 12.8. The number of hydrogen-bond acceptors (Lipinski definition) is 7. The number of rotatable bonds is 8. The van der Waals surface area contributed by atoms with E-state index in [0.717, 1.165) is 14.6 Å². The van der Waals surface area contributed by atoms with E-state index < -0.39 is 0 Å². The summed E-state index contributed by atoms with van der Waals surface area (Å²) in [6.45, 7) is 0.543. The summed E-state index contributed by atoms with van der Waals surface area (Å²) in [6, 6.07) is 3.36. The molecule has 0 radical (unpaired) electrons. The van der Waals surface area contributed by atoms with Crippen LogP contribution in [0.5, 0.6) is 5.88 Å². The minimum Gasteiger partial charge on any atom is -0.492 e. The van der Waals surface area contributed by atoms with Crippen molar-refractivity contribution >= 4 is 55.6 Å². The van der Waals surface area contributed by atoms with Crippen molar-refractivity contribution in [3.8, 4) is 5.88 Å². The van der Waals surface area contributed by atoms with Crippen LogP contribution in [0.2, 0.25) is 0 Å². The number of aromatic nitrogens is 6. The normalized spacial score (nSPS) is 20.9. The van der Waals surface area contributed by atoms with Gasteiger partial charge in [0.25, 0.3) is 11.8 Å². The predicted molar refractivity (Wildman–Crippen MR) is 142 cm³/mol. The monoisotopic (exact) mass is 634 g/mol. The first kappa shape index (κ1) is 25.0. The Morgan fingerprint density at radius 1 is 0.919 bits per heavy atom. The number of amides is 2. The largest absolute Gasteiger partial charge is 0.492 e. The Hall–Kier alpha value is -3.72. The molecule has 13 nitrogen and oxygen atoms in total. The molecule has 1 aliphatic carbocycles. The molecule has 1 saturated carbocycles. The Morgan fingerprint density at radius 2 is 1.49 bits per heavy atom. The maximum atomic E-state index is 12.8. The average Bonchev–Trinajstić information content (AvgIpc) is 3.63. The van der Waals surface area contributed by atoms with Gasteiger partial charge in [0.2, 0.25) is 11.8 Å². The van der Waals surface area contributed by atoms with Gasteiger partial charge in [0.15, 0.2) is 5.95 Å². The Labute approximate surface area is 226 Å². The third kappa shape index (κ3) is 4.96. The minimum absolute atomic E-state index is 0.0727. The van der Waals surface area contributed by atoms with Gasteiger partial charge >= 0.3 is 0 Å². The second kappa shape index (κ2) is 9.97. The van der Waals surface area contributed by atoms with Gasteiger partial charge in [-0.1, -0.05) is 0 Å². The van der Waals surface area contributed by atoms with Gasteiger partial charge < -0.3 is 47.1 Å². The number of nitrogens with two attached hydrogens (primary N) is 2.